The van der Waals surface area contributed by atoms with E-state index in [1.54, 1.807) is 36.4 Å². The maximum Gasteiger partial charge on any atom is 0.283 e. The van der Waals surface area contributed by atoms with Crippen LogP contribution in [-0.2, 0) is 10.0 Å². The number of hydrogen-bond acceptors (Lipinski definition) is 4. The standard InChI is InChI=1S/C23H17FN2O4S/c1-14-6-12-17(13-7-14)31(29,30)26-21(22(27)15-8-10-16(24)11-9-15)20-23(28)18-4-2-3-5-19(18)25-20/h2-13,25,28H,1H3/b26-21+. The molecule has 0 unspecified atom stereocenters. The van der Waals surface area contributed by atoms with Crippen molar-refractivity contribution >= 4 is 32.4 Å². The third kappa shape index (κ3) is 3.97. The van der Waals surface area contributed by atoms with E-state index in [2.05, 4.69) is 9.38 Å². The fraction of sp³-hybridized carbons (Fsp3) is 0.0435. The Balaban J connectivity index is 1.93. The van der Waals surface area contributed by atoms with E-state index in [-0.39, 0.29) is 21.9 Å². The first-order chi connectivity index (χ1) is 14.8. The highest BCUT2D eigenvalue weighted by molar-refractivity contribution is 7.90. The second-order valence-electron chi connectivity index (χ2n) is 6.96. The van der Waals surface area contributed by atoms with Gasteiger partial charge in [-0.25, -0.2) is 4.39 Å². The summed E-state index contributed by atoms with van der Waals surface area (Å²) in [5.41, 5.74) is 0.755. The number of nitrogens with one attached hydrogen (secondary N) is 1. The Morgan fingerprint density at radius 3 is 2.26 bits per heavy atom. The first-order valence-electron chi connectivity index (χ1n) is 9.28. The summed E-state index contributed by atoms with van der Waals surface area (Å²) in [6.07, 6.45) is 0. The quantitative estimate of drug-likeness (QED) is 0.358. The van der Waals surface area contributed by atoms with E-state index in [1.807, 2.05) is 6.92 Å². The predicted octanol–water partition coefficient (Wildman–Crippen LogP) is 4.38. The minimum atomic E-state index is -4.28. The number of fused-ring (bicyclic) bond motifs is 1. The van der Waals surface area contributed by atoms with E-state index in [4.69, 9.17) is 0 Å². The molecule has 0 spiro atoms. The van der Waals surface area contributed by atoms with Gasteiger partial charge < -0.3 is 10.1 Å². The molecule has 4 rings (SSSR count). The number of Topliss-reactive ketones (excluding diaryl/α,β-unsaturated/α-hetero) is 1. The Hall–Kier alpha value is -3.78. The summed E-state index contributed by atoms with van der Waals surface area (Å²) in [4.78, 5) is 16.0. The monoisotopic (exact) mass is 436 g/mol. The summed E-state index contributed by atoms with van der Waals surface area (Å²) >= 11 is 0. The van der Waals surface area contributed by atoms with Gasteiger partial charge in [-0.05, 0) is 55.5 Å². The predicted molar refractivity (Wildman–Crippen MR) is 116 cm³/mol. The first kappa shape index (κ1) is 20.5. The van der Waals surface area contributed by atoms with Gasteiger partial charge in [-0.15, -0.1) is 0 Å². The summed E-state index contributed by atoms with van der Waals surface area (Å²) in [6, 6.07) is 17.4. The van der Waals surface area contributed by atoms with Crippen LogP contribution in [0.2, 0.25) is 0 Å². The molecule has 0 aliphatic rings. The summed E-state index contributed by atoms with van der Waals surface area (Å²) in [7, 11) is -4.28. The molecular weight excluding hydrogens is 419 g/mol. The van der Waals surface area contributed by atoms with Crippen molar-refractivity contribution in [3.05, 3.63) is 95.4 Å². The lowest BCUT2D eigenvalue weighted by Crippen LogP contribution is -2.19. The number of hydrogen-bond donors (Lipinski definition) is 2. The van der Waals surface area contributed by atoms with Gasteiger partial charge in [-0.2, -0.15) is 12.8 Å². The zero-order valence-electron chi connectivity index (χ0n) is 16.3. The molecule has 1 heterocycles. The Labute approximate surface area is 177 Å². The second kappa shape index (κ2) is 7.81. The molecule has 2 N–H and O–H groups in total. The van der Waals surface area contributed by atoms with Gasteiger partial charge in [-0.3, -0.25) is 4.79 Å². The van der Waals surface area contributed by atoms with Crippen LogP contribution in [0, 0.1) is 12.7 Å². The molecule has 0 atom stereocenters. The van der Waals surface area contributed by atoms with E-state index in [1.165, 1.54) is 24.3 Å². The molecule has 0 amide bonds. The highest BCUT2D eigenvalue weighted by Crippen LogP contribution is 2.30. The molecule has 0 saturated carbocycles. The molecule has 0 saturated heterocycles. The summed E-state index contributed by atoms with van der Waals surface area (Å²) in [5, 5.41) is 11.1. The number of aromatic amines is 1. The smallest absolute Gasteiger partial charge is 0.283 e. The van der Waals surface area contributed by atoms with Gasteiger partial charge in [0.15, 0.2) is 11.5 Å². The second-order valence-corrected chi connectivity index (χ2v) is 8.56. The van der Waals surface area contributed by atoms with Crippen LogP contribution in [0.1, 0.15) is 21.6 Å². The lowest BCUT2D eigenvalue weighted by molar-refractivity contribution is 0.106. The van der Waals surface area contributed by atoms with Crippen LogP contribution in [0.25, 0.3) is 10.9 Å². The fourth-order valence-corrected chi connectivity index (χ4v) is 4.12. The largest absolute Gasteiger partial charge is 0.505 e. The fourth-order valence-electron chi connectivity index (χ4n) is 3.12. The number of carbonyl (C=O) groups is 1. The van der Waals surface area contributed by atoms with Crippen molar-refractivity contribution < 1.29 is 22.7 Å². The number of aromatic hydroxyl groups is 1. The van der Waals surface area contributed by atoms with E-state index in [0.29, 0.717) is 10.9 Å². The lowest BCUT2D eigenvalue weighted by Gasteiger charge is -2.07. The Morgan fingerprint density at radius 2 is 1.61 bits per heavy atom. The van der Waals surface area contributed by atoms with Crippen molar-refractivity contribution in [3.8, 4) is 5.75 Å². The summed E-state index contributed by atoms with van der Waals surface area (Å²) < 4.78 is 43.0. The maximum atomic E-state index is 13.3. The zero-order chi connectivity index (χ0) is 22.2. The van der Waals surface area contributed by atoms with Crippen LogP contribution in [0.3, 0.4) is 0 Å². The first-order valence-corrected chi connectivity index (χ1v) is 10.7. The number of halogens is 1. The van der Waals surface area contributed by atoms with Crippen molar-refractivity contribution in [2.24, 2.45) is 4.40 Å². The molecule has 0 aliphatic carbocycles. The number of rotatable bonds is 5. The molecule has 0 fully saturated rings. The van der Waals surface area contributed by atoms with E-state index in [0.717, 1.165) is 17.7 Å². The molecule has 156 valence electrons. The number of H-pyrrole nitrogens is 1. The van der Waals surface area contributed by atoms with Crippen molar-refractivity contribution in [2.45, 2.75) is 11.8 Å². The van der Waals surface area contributed by atoms with Crippen LogP contribution in [0.4, 0.5) is 4.39 Å². The molecule has 0 radical (unpaired) electrons. The van der Waals surface area contributed by atoms with Gasteiger partial charge in [0.1, 0.15) is 11.5 Å². The highest BCUT2D eigenvalue weighted by atomic mass is 32.2. The minimum absolute atomic E-state index is 0.0253. The third-order valence-corrected chi connectivity index (χ3v) is 6.06. The van der Waals surface area contributed by atoms with Crippen molar-refractivity contribution in [3.63, 3.8) is 0 Å². The van der Waals surface area contributed by atoms with Crippen LogP contribution < -0.4 is 0 Å². The Bertz CT molecular complexity index is 1420. The topological polar surface area (TPSA) is 99.6 Å². The van der Waals surface area contributed by atoms with E-state index >= 15 is 0 Å². The average molecular weight is 436 g/mol. The Kier molecular flexibility index (Phi) is 5.16. The number of ketones is 1. The molecule has 1 aromatic heterocycles. The molecule has 6 nitrogen and oxygen atoms in total. The van der Waals surface area contributed by atoms with Crippen molar-refractivity contribution in [1.82, 2.24) is 4.98 Å². The van der Waals surface area contributed by atoms with Crippen LogP contribution in [-0.4, -0.2) is 30.0 Å². The normalized spacial score (nSPS) is 12.3. The Morgan fingerprint density at radius 1 is 0.968 bits per heavy atom. The molecule has 0 aliphatic heterocycles. The van der Waals surface area contributed by atoms with E-state index < -0.39 is 27.3 Å². The highest BCUT2D eigenvalue weighted by Gasteiger charge is 2.26. The van der Waals surface area contributed by atoms with Gasteiger partial charge in [0.25, 0.3) is 10.0 Å². The van der Waals surface area contributed by atoms with Gasteiger partial charge in [0, 0.05) is 16.5 Å². The maximum absolute atomic E-state index is 13.3. The van der Waals surface area contributed by atoms with E-state index in [9.17, 15) is 22.7 Å². The van der Waals surface area contributed by atoms with Gasteiger partial charge >= 0.3 is 0 Å². The van der Waals surface area contributed by atoms with Gasteiger partial charge in [-0.1, -0.05) is 29.8 Å². The average Bonchev–Trinajstić information content (AvgIpc) is 3.09. The molecular formula is C23H17FN2O4S. The third-order valence-electron chi connectivity index (χ3n) is 4.77. The summed E-state index contributed by atoms with van der Waals surface area (Å²) in [5.74, 6) is -1.63. The number of aryl methyl sites for hydroxylation is 1. The molecule has 8 heteroatoms. The molecule has 31 heavy (non-hydrogen) atoms. The molecule has 3 aromatic carbocycles. The lowest BCUT2D eigenvalue weighted by atomic mass is 10.0. The molecule has 4 aromatic rings. The molecule has 0 bridgehead atoms. The number of para-hydroxylation sites is 1. The van der Waals surface area contributed by atoms with Crippen molar-refractivity contribution in [1.29, 1.82) is 0 Å². The van der Waals surface area contributed by atoms with Gasteiger partial charge in [0.05, 0.1) is 4.90 Å². The number of sulfonamides is 1. The van der Waals surface area contributed by atoms with Crippen LogP contribution in [0.15, 0.2) is 82.1 Å². The van der Waals surface area contributed by atoms with Crippen molar-refractivity contribution in [2.75, 3.05) is 0 Å². The van der Waals surface area contributed by atoms with Crippen LogP contribution in [0.5, 0.6) is 5.75 Å². The number of benzene rings is 3. The summed E-state index contributed by atoms with van der Waals surface area (Å²) in [6.45, 7) is 1.81. The number of nitrogens with zero attached hydrogens (tertiary/aromatic N) is 1. The zero-order valence-corrected chi connectivity index (χ0v) is 17.2. The number of carbonyl (C=O) groups excluding carboxylic acids is 1. The SMILES string of the molecule is Cc1ccc(S(=O)(=O)/N=C(/C(=O)c2ccc(F)cc2)c2[nH]c3ccccc3c2O)cc1. The van der Waals surface area contributed by atoms with Gasteiger partial charge in [0.2, 0.25) is 5.78 Å². The number of aromatic nitrogens is 1. The van der Waals surface area contributed by atoms with Crippen LogP contribution >= 0.6 is 0 Å². The minimum Gasteiger partial charge on any atom is -0.505 e.